The second-order valence-corrected chi connectivity index (χ2v) is 1.38. The standard InChI is InChI=1S/Ca.Eu.2H2O3S.2H/c;;2*1-4(2)3;;/h;;2*(H2,1,2,3);;/q+2;;;;2*-1. The van der Waals surface area contributed by atoms with E-state index in [2.05, 4.69) is 0 Å². The van der Waals surface area contributed by atoms with Crippen LogP contribution in [0.3, 0.4) is 0 Å². The number of hydrogen-bond acceptors (Lipinski definition) is 2. The molecule has 4 N–H and O–H groups in total. The topological polar surface area (TPSA) is 115 Å². The van der Waals surface area contributed by atoms with Gasteiger partial charge in [-0.25, -0.2) is 0 Å². The zero-order valence-electron chi connectivity index (χ0n) is 6.51. The first kappa shape index (κ1) is 23.1. The first-order chi connectivity index (χ1) is 3.46. The SMILES string of the molecule is O=S(O)O.O=S(O)O.[Ca+2].[Eu].[H-].[H-]. The molecule has 0 bridgehead atoms. The fourth-order valence-electron chi connectivity index (χ4n) is 0. The molecule has 0 amide bonds. The molecule has 63 valence electrons. The van der Waals surface area contributed by atoms with E-state index >= 15 is 0 Å². The van der Waals surface area contributed by atoms with E-state index < -0.39 is 22.7 Å². The van der Waals surface area contributed by atoms with Gasteiger partial charge in [-0.15, -0.1) is 0 Å². The van der Waals surface area contributed by atoms with Gasteiger partial charge in [0.25, 0.3) is 22.7 Å². The molecule has 0 fully saturated rings. The second-order valence-electron chi connectivity index (χ2n) is 0.461. The van der Waals surface area contributed by atoms with E-state index in [1.54, 1.807) is 0 Å². The van der Waals surface area contributed by atoms with E-state index in [1.165, 1.54) is 0 Å². The zero-order valence-corrected chi connectivity index (χ0v) is 10.8. The van der Waals surface area contributed by atoms with Crippen LogP contribution in [0.25, 0.3) is 0 Å². The van der Waals surface area contributed by atoms with Gasteiger partial charge in [-0.05, 0) is 0 Å². The molecule has 0 aromatic rings. The minimum atomic E-state index is -2.61. The fraction of sp³-hybridized carbons (Fsp3) is 0. The van der Waals surface area contributed by atoms with Crippen molar-refractivity contribution in [2.45, 2.75) is 0 Å². The molecule has 0 heterocycles. The average Bonchev–Trinajstić information content (AvgIpc) is 1.25. The molecule has 0 rings (SSSR count). The van der Waals surface area contributed by atoms with Crippen molar-refractivity contribution in [3.05, 3.63) is 0 Å². The Morgan fingerprint density at radius 3 is 0.900 bits per heavy atom. The average molecular weight is 358 g/mol. The molecule has 0 atom stereocenters. The summed E-state index contributed by atoms with van der Waals surface area (Å²) in [6.07, 6.45) is 0. The van der Waals surface area contributed by atoms with Gasteiger partial charge in [0.2, 0.25) is 0 Å². The van der Waals surface area contributed by atoms with Gasteiger partial charge in [0, 0.05) is 49.4 Å². The van der Waals surface area contributed by atoms with E-state index in [0.717, 1.165) is 0 Å². The van der Waals surface area contributed by atoms with Crippen LogP contribution in [0.15, 0.2) is 0 Å². The Balaban J connectivity index is -0.0000000112. The van der Waals surface area contributed by atoms with Crippen molar-refractivity contribution in [2.75, 3.05) is 0 Å². The summed E-state index contributed by atoms with van der Waals surface area (Å²) in [4.78, 5) is 0. The smallest absolute Gasteiger partial charge is 1.00 e. The summed E-state index contributed by atoms with van der Waals surface area (Å²) >= 11 is -5.22. The Labute approximate surface area is 136 Å². The van der Waals surface area contributed by atoms with Crippen molar-refractivity contribution in [1.29, 1.82) is 0 Å². The molecule has 0 aromatic carbocycles. The summed E-state index contributed by atoms with van der Waals surface area (Å²) in [5, 5.41) is 0. The van der Waals surface area contributed by atoms with Crippen molar-refractivity contribution in [3.8, 4) is 0 Å². The van der Waals surface area contributed by atoms with E-state index in [1.807, 2.05) is 0 Å². The molecule has 0 aliphatic rings. The Bertz CT molecular complexity index is 81.5. The van der Waals surface area contributed by atoms with Gasteiger partial charge in [0.05, 0.1) is 0 Å². The normalized spacial score (nSPS) is 7.00. The monoisotopic (exact) mass is 359 g/mol. The van der Waals surface area contributed by atoms with Crippen LogP contribution in [-0.2, 0) is 22.7 Å². The number of rotatable bonds is 0. The van der Waals surface area contributed by atoms with Crippen LogP contribution in [0.5, 0.6) is 0 Å². The van der Waals surface area contributed by atoms with Gasteiger partial charge in [-0.3, -0.25) is 18.2 Å². The zero-order chi connectivity index (χ0) is 7.15. The third-order valence-electron chi connectivity index (χ3n) is 0. The first-order valence-electron chi connectivity index (χ1n) is 1.06. The quantitative estimate of drug-likeness (QED) is 0.333. The van der Waals surface area contributed by atoms with Gasteiger partial charge >= 0.3 is 37.7 Å². The minimum absolute atomic E-state index is 0. The molecule has 6 nitrogen and oxygen atoms in total. The molecule has 0 unspecified atom stereocenters. The van der Waals surface area contributed by atoms with Crippen LogP contribution in [0.4, 0.5) is 0 Å². The number of hydrogen-bond donors (Lipinski definition) is 4. The first-order valence-corrected chi connectivity index (χ1v) is 3.19. The van der Waals surface area contributed by atoms with Crippen LogP contribution in [0, 0.1) is 49.4 Å². The van der Waals surface area contributed by atoms with E-state index in [-0.39, 0.29) is 90.0 Å². The van der Waals surface area contributed by atoms with Crippen molar-refractivity contribution in [1.82, 2.24) is 0 Å². The van der Waals surface area contributed by atoms with Crippen molar-refractivity contribution in [2.24, 2.45) is 0 Å². The maximum Gasteiger partial charge on any atom is 2.00 e. The van der Waals surface area contributed by atoms with E-state index in [4.69, 9.17) is 26.6 Å². The molecule has 1 radical (unpaired) electrons. The summed E-state index contributed by atoms with van der Waals surface area (Å²) in [5.74, 6) is 0. The van der Waals surface area contributed by atoms with Gasteiger partial charge < -0.3 is 2.85 Å². The Morgan fingerprint density at radius 2 is 0.900 bits per heavy atom. The molecule has 0 saturated heterocycles. The van der Waals surface area contributed by atoms with Crippen LogP contribution in [0.1, 0.15) is 2.85 Å². The predicted octanol–water partition coefficient (Wildman–Crippen LogP) is -0.794. The van der Waals surface area contributed by atoms with Gasteiger partial charge in [0.15, 0.2) is 0 Å². The Kier molecular flexibility index (Phi) is 41.4. The molecule has 0 saturated carbocycles. The molecular weight excluding hydrogens is 352 g/mol. The maximum absolute atomic E-state index is 8.67. The molecule has 0 aliphatic heterocycles. The van der Waals surface area contributed by atoms with E-state index in [9.17, 15) is 0 Å². The third kappa shape index (κ3) is 123. The van der Waals surface area contributed by atoms with Crippen molar-refractivity contribution >= 4 is 60.5 Å². The summed E-state index contributed by atoms with van der Waals surface area (Å²) in [7, 11) is 0. The molecule has 0 aromatic heterocycles. The van der Waals surface area contributed by atoms with Crippen molar-refractivity contribution < 1.29 is 78.9 Å². The van der Waals surface area contributed by atoms with Crippen LogP contribution < -0.4 is 0 Å². The molecule has 10 heavy (non-hydrogen) atoms. The predicted molar refractivity (Wildman–Crippen MR) is 34.8 cm³/mol. The second kappa shape index (κ2) is 17.9. The Morgan fingerprint density at radius 1 is 0.900 bits per heavy atom. The van der Waals surface area contributed by atoms with E-state index in [0.29, 0.717) is 0 Å². The molecule has 0 spiro atoms. The summed E-state index contributed by atoms with van der Waals surface area (Å²) in [6.45, 7) is 0. The van der Waals surface area contributed by atoms with Crippen LogP contribution >= 0.6 is 0 Å². The summed E-state index contributed by atoms with van der Waals surface area (Å²) in [5.41, 5.74) is 0. The third-order valence-corrected chi connectivity index (χ3v) is 0. The minimum Gasteiger partial charge on any atom is -1.00 e. The molecular formula is H6CaEuO6S2. The molecule has 0 aliphatic carbocycles. The largest absolute Gasteiger partial charge is 2.00 e. The van der Waals surface area contributed by atoms with Crippen LogP contribution in [-0.4, -0.2) is 64.4 Å². The fourth-order valence-corrected chi connectivity index (χ4v) is 0. The summed E-state index contributed by atoms with van der Waals surface area (Å²) < 4.78 is 45.7. The van der Waals surface area contributed by atoms with Gasteiger partial charge in [-0.2, -0.15) is 8.42 Å². The molecule has 10 heteroatoms. The summed E-state index contributed by atoms with van der Waals surface area (Å²) in [6, 6.07) is 0. The van der Waals surface area contributed by atoms with Gasteiger partial charge in [-0.1, -0.05) is 0 Å². The van der Waals surface area contributed by atoms with Crippen LogP contribution in [0.2, 0.25) is 0 Å². The maximum atomic E-state index is 8.67. The Hall–Kier alpha value is 2.98. The van der Waals surface area contributed by atoms with Crippen molar-refractivity contribution in [3.63, 3.8) is 0 Å². The van der Waals surface area contributed by atoms with Gasteiger partial charge in [0.1, 0.15) is 0 Å².